The molecular formula is C16H25FN2O. The Morgan fingerprint density at radius 3 is 2.85 bits per heavy atom. The number of piperazine rings is 1. The smallest absolute Gasteiger partial charge is 0.146 e. The van der Waals surface area contributed by atoms with Crippen LogP contribution in [-0.4, -0.2) is 32.3 Å². The summed E-state index contributed by atoms with van der Waals surface area (Å²) in [6.07, 6.45) is 1.11. The molecule has 1 aromatic rings. The van der Waals surface area contributed by atoms with Gasteiger partial charge in [-0.25, -0.2) is 4.39 Å². The summed E-state index contributed by atoms with van der Waals surface area (Å²) < 4.78 is 19.4. The molecule has 1 saturated heterocycles. The van der Waals surface area contributed by atoms with Crippen molar-refractivity contribution in [2.45, 2.75) is 39.3 Å². The van der Waals surface area contributed by atoms with Crippen LogP contribution in [0.1, 0.15) is 27.2 Å². The number of ether oxygens (including phenoxy) is 1. The van der Waals surface area contributed by atoms with Gasteiger partial charge in [-0.2, -0.15) is 0 Å². The minimum absolute atomic E-state index is 0.178. The van der Waals surface area contributed by atoms with Crippen molar-refractivity contribution >= 4 is 5.69 Å². The van der Waals surface area contributed by atoms with Gasteiger partial charge in [-0.15, -0.1) is 0 Å². The molecule has 0 amide bonds. The zero-order chi connectivity index (χ0) is 14.7. The number of hydrogen-bond acceptors (Lipinski definition) is 3. The molecule has 4 heteroatoms. The maximum absolute atomic E-state index is 14.1. The van der Waals surface area contributed by atoms with Crippen LogP contribution in [0.25, 0.3) is 0 Å². The number of nitrogens with one attached hydrogen (secondary N) is 1. The third kappa shape index (κ3) is 3.42. The molecule has 0 aromatic heterocycles. The Morgan fingerprint density at radius 1 is 1.45 bits per heavy atom. The molecule has 1 aliphatic heterocycles. The molecule has 0 saturated carbocycles. The van der Waals surface area contributed by atoms with Crippen molar-refractivity contribution in [3.63, 3.8) is 0 Å². The summed E-state index contributed by atoms with van der Waals surface area (Å²) in [5.74, 6) is 1.16. The van der Waals surface area contributed by atoms with Crippen molar-refractivity contribution in [3.8, 4) is 5.75 Å². The van der Waals surface area contributed by atoms with Crippen LogP contribution in [0.4, 0.5) is 10.1 Å². The number of halogens is 1. The second-order valence-corrected chi connectivity index (χ2v) is 6.05. The summed E-state index contributed by atoms with van der Waals surface area (Å²) in [7, 11) is 1.61. The lowest BCUT2D eigenvalue weighted by Crippen LogP contribution is -2.56. The highest BCUT2D eigenvalue weighted by Gasteiger charge is 2.27. The quantitative estimate of drug-likeness (QED) is 0.917. The van der Waals surface area contributed by atoms with Gasteiger partial charge in [0, 0.05) is 31.2 Å². The summed E-state index contributed by atoms with van der Waals surface area (Å²) in [5, 5.41) is 3.55. The van der Waals surface area contributed by atoms with Crippen LogP contribution in [0.2, 0.25) is 0 Å². The van der Waals surface area contributed by atoms with E-state index in [0.29, 0.717) is 23.4 Å². The van der Waals surface area contributed by atoms with E-state index >= 15 is 0 Å². The van der Waals surface area contributed by atoms with Crippen molar-refractivity contribution in [1.29, 1.82) is 0 Å². The Morgan fingerprint density at radius 2 is 2.20 bits per heavy atom. The molecule has 0 bridgehead atoms. The molecule has 2 unspecified atom stereocenters. The van der Waals surface area contributed by atoms with Gasteiger partial charge in [-0.3, -0.25) is 0 Å². The lowest BCUT2D eigenvalue weighted by molar-refractivity contribution is 0.353. The number of methoxy groups -OCH3 is 1. The maximum atomic E-state index is 14.1. The van der Waals surface area contributed by atoms with Gasteiger partial charge in [0.15, 0.2) is 0 Å². The van der Waals surface area contributed by atoms with E-state index in [0.717, 1.165) is 19.5 Å². The molecule has 1 heterocycles. The summed E-state index contributed by atoms with van der Waals surface area (Å²) in [4.78, 5) is 2.15. The fourth-order valence-electron chi connectivity index (χ4n) is 2.83. The van der Waals surface area contributed by atoms with Crippen molar-refractivity contribution < 1.29 is 9.13 Å². The first kappa shape index (κ1) is 15.1. The molecule has 1 fully saturated rings. The molecule has 112 valence electrons. The van der Waals surface area contributed by atoms with Gasteiger partial charge in [-0.05, 0) is 31.4 Å². The van der Waals surface area contributed by atoms with Crippen LogP contribution in [-0.2, 0) is 0 Å². The third-order valence-electron chi connectivity index (χ3n) is 3.87. The highest BCUT2D eigenvalue weighted by Crippen LogP contribution is 2.28. The van der Waals surface area contributed by atoms with Gasteiger partial charge >= 0.3 is 0 Å². The molecule has 20 heavy (non-hydrogen) atoms. The number of rotatable bonds is 4. The van der Waals surface area contributed by atoms with Crippen LogP contribution < -0.4 is 15.0 Å². The monoisotopic (exact) mass is 280 g/mol. The van der Waals surface area contributed by atoms with Gasteiger partial charge in [0.05, 0.1) is 12.8 Å². The Labute approximate surface area is 121 Å². The first-order valence-electron chi connectivity index (χ1n) is 7.34. The second kappa shape index (κ2) is 6.44. The average Bonchev–Trinajstić information content (AvgIpc) is 2.41. The van der Waals surface area contributed by atoms with E-state index in [-0.39, 0.29) is 11.9 Å². The van der Waals surface area contributed by atoms with E-state index in [2.05, 4.69) is 31.0 Å². The molecular weight excluding hydrogens is 255 g/mol. The van der Waals surface area contributed by atoms with Crippen LogP contribution in [0, 0.1) is 11.7 Å². The number of hydrogen-bond donors (Lipinski definition) is 1. The highest BCUT2D eigenvalue weighted by molar-refractivity contribution is 5.53. The first-order valence-corrected chi connectivity index (χ1v) is 7.34. The zero-order valence-corrected chi connectivity index (χ0v) is 12.8. The van der Waals surface area contributed by atoms with E-state index in [1.54, 1.807) is 19.2 Å². The Bertz CT molecular complexity index is 450. The SMILES string of the molecule is COc1ccc(F)c(N2CC(CC(C)C)NCC2C)c1. The summed E-state index contributed by atoms with van der Waals surface area (Å²) >= 11 is 0. The lowest BCUT2D eigenvalue weighted by Gasteiger charge is -2.41. The second-order valence-electron chi connectivity index (χ2n) is 6.05. The molecule has 2 rings (SSSR count). The topological polar surface area (TPSA) is 24.5 Å². The zero-order valence-electron chi connectivity index (χ0n) is 12.8. The fourth-order valence-corrected chi connectivity index (χ4v) is 2.83. The summed E-state index contributed by atoms with van der Waals surface area (Å²) in [5.41, 5.74) is 0.645. The molecule has 1 N–H and O–H groups in total. The van der Waals surface area contributed by atoms with E-state index in [1.807, 2.05) is 0 Å². The number of nitrogens with zero attached hydrogens (tertiary/aromatic N) is 1. The molecule has 0 aliphatic carbocycles. The lowest BCUT2D eigenvalue weighted by atomic mass is 9.99. The van der Waals surface area contributed by atoms with Crippen LogP contribution in [0.15, 0.2) is 18.2 Å². The highest BCUT2D eigenvalue weighted by atomic mass is 19.1. The normalized spacial score (nSPS) is 23.2. The van der Waals surface area contributed by atoms with Crippen molar-refractivity contribution in [2.24, 2.45) is 5.92 Å². The standard InChI is InChI=1S/C16H25FN2O/c1-11(2)7-13-10-19(12(3)9-18-13)16-8-14(20-4)5-6-15(16)17/h5-6,8,11-13,18H,7,9-10H2,1-4H3. The Kier molecular flexibility index (Phi) is 4.86. The fraction of sp³-hybridized carbons (Fsp3) is 0.625. The van der Waals surface area contributed by atoms with Gasteiger partial charge in [0.2, 0.25) is 0 Å². The number of anilines is 1. The van der Waals surface area contributed by atoms with Gasteiger partial charge in [0.25, 0.3) is 0 Å². The van der Waals surface area contributed by atoms with Gasteiger partial charge in [-0.1, -0.05) is 13.8 Å². The van der Waals surface area contributed by atoms with Crippen LogP contribution in [0.3, 0.4) is 0 Å². The Hall–Kier alpha value is -1.29. The summed E-state index contributed by atoms with van der Waals surface area (Å²) in [6, 6.07) is 5.64. The largest absolute Gasteiger partial charge is 0.497 e. The van der Waals surface area contributed by atoms with Gasteiger partial charge < -0.3 is 15.0 Å². The minimum atomic E-state index is -0.178. The molecule has 3 nitrogen and oxygen atoms in total. The van der Waals surface area contributed by atoms with E-state index < -0.39 is 0 Å². The van der Waals surface area contributed by atoms with E-state index in [1.165, 1.54) is 6.07 Å². The van der Waals surface area contributed by atoms with E-state index in [4.69, 9.17) is 4.74 Å². The van der Waals surface area contributed by atoms with Crippen molar-refractivity contribution in [3.05, 3.63) is 24.0 Å². The Balaban J connectivity index is 2.20. The van der Waals surface area contributed by atoms with Crippen LogP contribution >= 0.6 is 0 Å². The van der Waals surface area contributed by atoms with Crippen LogP contribution in [0.5, 0.6) is 5.75 Å². The maximum Gasteiger partial charge on any atom is 0.146 e. The van der Waals surface area contributed by atoms with E-state index in [9.17, 15) is 4.39 Å². The number of benzene rings is 1. The first-order chi connectivity index (χ1) is 9.51. The van der Waals surface area contributed by atoms with Crippen molar-refractivity contribution in [2.75, 3.05) is 25.1 Å². The molecule has 2 atom stereocenters. The predicted molar refractivity (Wildman–Crippen MR) is 81.0 cm³/mol. The molecule has 0 spiro atoms. The van der Waals surface area contributed by atoms with Crippen molar-refractivity contribution in [1.82, 2.24) is 5.32 Å². The molecule has 0 radical (unpaired) electrons. The predicted octanol–water partition coefficient (Wildman–Crippen LogP) is 3.05. The molecule has 1 aliphatic rings. The minimum Gasteiger partial charge on any atom is -0.497 e. The third-order valence-corrected chi connectivity index (χ3v) is 3.87. The van der Waals surface area contributed by atoms with Gasteiger partial charge in [0.1, 0.15) is 11.6 Å². The molecule has 1 aromatic carbocycles. The average molecular weight is 280 g/mol. The summed E-state index contributed by atoms with van der Waals surface area (Å²) in [6.45, 7) is 8.28.